The smallest absolute Gasteiger partial charge is 0.0236 e. The van der Waals surface area contributed by atoms with Crippen molar-refractivity contribution in [3.63, 3.8) is 0 Å². The Hall–Kier alpha value is -0.260. The highest BCUT2D eigenvalue weighted by Gasteiger charge is 1.94. The molecule has 0 saturated carbocycles. The zero-order valence-corrected chi connectivity index (χ0v) is 7.27. The molecule has 0 nitrogen and oxygen atoms in total. The van der Waals surface area contributed by atoms with Gasteiger partial charge in [0.2, 0.25) is 0 Å². The summed E-state index contributed by atoms with van der Waals surface area (Å²) in [6, 6.07) is 0. The van der Waals surface area contributed by atoms with E-state index in [1.54, 1.807) is 0 Å². The van der Waals surface area contributed by atoms with Crippen LogP contribution in [0, 0.1) is 12.8 Å². The summed E-state index contributed by atoms with van der Waals surface area (Å²) in [6.07, 6.45) is 9.32. The Morgan fingerprint density at radius 1 is 1.40 bits per heavy atom. The monoisotopic (exact) mass is 139 g/mol. The van der Waals surface area contributed by atoms with Crippen molar-refractivity contribution in [3.8, 4) is 0 Å². The van der Waals surface area contributed by atoms with Crippen LogP contribution in [0.5, 0.6) is 0 Å². The quantitative estimate of drug-likeness (QED) is 0.510. The van der Waals surface area contributed by atoms with E-state index >= 15 is 0 Å². The van der Waals surface area contributed by atoms with E-state index in [0.717, 1.165) is 6.42 Å². The van der Waals surface area contributed by atoms with Crippen molar-refractivity contribution in [3.05, 3.63) is 19.1 Å². The predicted octanol–water partition coefficient (Wildman–Crippen LogP) is 3.59. The zero-order valence-electron chi connectivity index (χ0n) is 7.27. The molecule has 1 atom stereocenters. The van der Waals surface area contributed by atoms with E-state index in [2.05, 4.69) is 32.9 Å². The van der Waals surface area contributed by atoms with Crippen molar-refractivity contribution in [1.29, 1.82) is 0 Å². The van der Waals surface area contributed by atoms with E-state index in [4.69, 9.17) is 0 Å². The molecular weight excluding hydrogens is 120 g/mol. The third kappa shape index (κ3) is 4.60. The van der Waals surface area contributed by atoms with Gasteiger partial charge in [-0.25, -0.2) is 0 Å². The zero-order chi connectivity index (χ0) is 7.82. The Labute approximate surface area is 65.3 Å². The van der Waals surface area contributed by atoms with Crippen molar-refractivity contribution in [1.82, 2.24) is 0 Å². The van der Waals surface area contributed by atoms with E-state index in [9.17, 15) is 0 Å². The van der Waals surface area contributed by atoms with Crippen LogP contribution < -0.4 is 0 Å². The first kappa shape index (κ1) is 9.74. The van der Waals surface area contributed by atoms with Gasteiger partial charge in [0, 0.05) is 0 Å². The number of hydrogen-bond acceptors (Lipinski definition) is 0. The van der Waals surface area contributed by atoms with Crippen molar-refractivity contribution in [2.24, 2.45) is 5.92 Å². The lowest BCUT2D eigenvalue weighted by Gasteiger charge is -2.03. The van der Waals surface area contributed by atoms with Crippen LogP contribution in [-0.4, -0.2) is 0 Å². The molecule has 0 bridgehead atoms. The van der Waals surface area contributed by atoms with Crippen LogP contribution >= 0.6 is 0 Å². The molecule has 0 heteroatoms. The average molecular weight is 139 g/mol. The highest BCUT2D eigenvalue weighted by Crippen LogP contribution is 2.08. The lowest BCUT2D eigenvalue weighted by molar-refractivity contribution is 0.633. The van der Waals surface area contributed by atoms with Crippen molar-refractivity contribution in [2.75, 3.05) is 0 Å². The summed E-state index contributed by atoms with van der Waals surface area (Å²) in [5.41, 5.74) is 0. The fourth-order valence-corrected chi connectivity index (χ4v) is 0.892. The normalized spacial score (nSPS) is 11.6. The molecule has 0 aromatic carbocycles. The Bertz CT molecular complexity index is 78.0. The third-order valence-electron chi connectivity index (χ3n) is 1.76. The van der Waals surface area contributed by atoms with Gasteiger partial charge >= 0.3 is 0 Å². The van der Waals surface area contributed by atoms with E-state index in [-0.39, 0.29) is 0 Å². The molecule has 0 aliphatic rings. The highest BCUT2D eigenvalue weighted by molar-refractivity contribution is 4.87. The Balaban J connectivity index is 3.40. The van der Waals surface area contributed by atoms with Crippen LogP contribution in [0.15, 0.2) is 12.2 Å². The molecule has 0 aromatic heterocycles. The minimum atomic E-state index is 0.714. The lowest BCUT2D eigenvalue weighted by Crippen LogP contribution is -1.89. The van der Waals surface area contributed by atoms with Gasteiger partial charge in [-0.05, 0) is 25.2 Å². The minimum Gasteiger partial charge on any atom is -0.0883 e. The van der Waals surface area contributed by atoms with Crippen LogP contribution in [0.2, 0.25) is 0 Å². The molecule has 59 valence electrons. The molecular formula is C10H19. The summed E-state index contributed by atoms with van der Waals surface area (Å²) in [5, 5.41) is 0. The number of rotatable bonds is 5. The SMILES string of the molecule is [CH2]CC(C=CCCC)CC. The van der Waals surface area contributed by atoms with Crippen molar-refractivity contribution < 1.29 is 0 Å². The second kappa shape index (κ2) is 6.85. The maximum atomic E-state index is 3.88. The molecule has 0 spiro atoms. The molecule has 0 aliphatic carbocycles. The van der Waals surface area contributed by atoms with Crippen LogP contribution in [0.4, 0.5) is 0 Å². The lowest BCUT2D eigenvalue weighted by atomic mass is 10.0. The van der Waals surface area contributed by atoms with E-state index in [0.29, 0.717) is 5.92 Å². The summed E-state index contributed by atoms with van der Waals surface area (Å²) in [5.74, 6) is 0.714. The Morgan fingerprint density at radius 3 is 2.50 bits per heavy atom. The first-order valence-corrected chi connectivity index (χ1v) is 4.31. The molecule has 0 N–H and O–H groups in total. The summed E-state index contributed by atoms with van der Waals surface area (Å²) in [7, 11) is 0. The fraction of sp³-hybridized carbons (Fsp3) is 0.700. The number of allylic oxidation sites excluding steroid dienone is 2. The first-order valence-electron chi connectivity index (χ1n) is 4.31. The fourth-order valence-electron chi connectivity index (χ4n) is 0.892. The maximum absolute atomic E-state index is 3.88. The van der Waals surface area contributed by atoms with Gasteiger partial charge in [0.1, 0.15) is 0 Å². The van der Waals surface area contributed by atoms with Gasteiger partial charge in [-0.3, -0.25) is 0 Å². The average Bonchev–Trinajstić information content (AvgIpc) is 1.99. The molecule has 0 aliphatic heterocycles. The van der Waals surface area contributed by atoms with Gasteiger partial charge in [-0.2, -0.15) is 0 Å². The molecule has 0 rings (SSSR count). The van der Waals surface area contributed by atoms with Gasteiger partial charge in [0.25, 0.3) is 0 Å². The highest BCUT2D eigenvalue weighted by atomic mass is 14.0. The Kier molecular flexibility index (Phi) is 6.68. The molecule has 0 aromatic rings. The standard InChI is InChI=1S/C10H19/c1-4-7-8-9-10(5-2)6-3/h8-10H,2,4-7H2,1,3H3. The Morgan fingerprint density at radius 2 is 2.10 bits per heavy atom. The first-order chi connectivity index (χ1) is 4.85. The molecule has 1 unspecified atom stereocenters. The maximum Gasteiger partial charge on any atom is -0.0236 e. The van der Waals surface area contributed by atoms with Crippen LogP contribution in [0.3, 0.4) is 0 Å². The van der Waals surface area contributed by atoms with E-state index < -0.39 is 0 Å². The summed E-state index contributed by atoms with van der Waals surface area (Å²) < 4.78 is 0. The van der Waals surface area contributed by atoms with E-state index in [1.165, 1.54) is 19.3 Å². The summed E-state index contributed by atoms with van der Waals surface area (Å²) in [4.78, 5) is 0. The molecule has 0 amide bonds. The largest absolute Gasteiger partial charge is 0.0883 e. The summed E-state index contributed by atoms with van der Waals surface area (Å²) in [6.45, 7) is 8.30. The van der Waals surface area contributed by atoms with Gasteiger partial charge in [-0.1, -0.05) is 39.3 Å². The molecule has 0 heterocycles. The molecule has 10 heavy (non-hydrogen) atoms. The third-order valence-corrected chi connectivity index (χ3v) is 1.76. The van der Waals surface area contributed by atoms with E-state index in [1.807, 2.05) is 0 Å². The second-order valence-electron chi connectivity index (χ2n) is 2.67. The van der Waals surface area contributed by atoms with Crippen LogP contribution in [0.25, 0.3) is 0 Å². The predicted molar refractivity (Wildman–Crippen MR) is 47.8 cm³/mol. The van der Waals surface area contributed by atoms with Crippen molar-refractivity contribution >= 4 is 0 Å². The summed E-state index contributed by atoms with van der Waals surface area (Å²) >= 11 is 0. The van der Waals surface area contributed by atoms with Gasteiger partial charge in [0.05, 0.1) is 0 Å². The minimum absolute atomic E-state index is 0.714. The molecule has 1 radical (unpaired) electrons. The number of unbranched alkanes of at least 4 members (excludes halogenated alkanes) is 1. The topological polar surface area (TPSA) is 0 Å². The van der Waals surface area contributed by atoms with Crippen LogP contribution in [0.1, 0.15) is 39.5 Å². The van der Waals surface area contributed by atoms with Gasteiger partial charge in [0.15, 0.2) is 0 Å². The van der Waals surface area contributed by atoms with Gasteiger partial charge in [-0.15, -0.1) is 0 Å². The molecule has 0 saturated heterocycles. The second-order valence-corrected chi connectivity index (χ2v) is 2.67. The van der Waals surface area contributed by atoms with Gasteiger partial charge < -0.3 is 0 Å². The van der Waals surface area contributed by atoms with Crippen molar-refractivity contribution in [2.45, 2.75) is 39.5 Å². The molecule has 0 fully saturated rings. The number of hydrogen-bond donors (Lipinski definition) is 0. The van der Waals surface area contributed by atoms with Crippen LogP contribution in [-0.2, 0) is 0 Å².